The summed E-state index contributed by atoms with van der Waals surface area (Å²) in [6.07, 6.45) is 4.35. The van der Waals surface area contributed by atoms with Gasteiger partial charge in [0.15, 0.2) is 0 Å². The fourth-order valence-electron chi connectivity index (χ4n) is 4.89. The summed E-state index contributed by atoms with van der Waals surface area (Å²) in [7, 11) is 1.91. The van der Waals surface area contributed by atoms with E-state index in [1.54, 1.807) is 18.3 Å². The number of hydrogen-bond donors (Lipinski definition) is 2. The van der Waals surface area contributed by atoms with Crippen molar-refractivity contribution in [2.24, 2.45) is 0 Å². The summed E-state index contributed by atoms with van der Waals surface area (Å²) in [5.74, 6) is 0.164. The first kappa shape index (κ1) is 24.3. The normalized spacial score (nSPS) is 14.6. The summed E-state index contributed by atoms with van der Waals surface area (Å²) in [5.41, 5.74) is 6.08. The van der Waals surface area contributed by atoms with Gasteiger partial charge in [-0.1, -0.05) is 41.9 Å². The largest absolute Gasteiger partial charge is 0.335 e. The van der Waals surface area contributed by atoms with Crippen molar-refractivity contribution in [1.82, 2.24) is 20.2 Å². The van der Waals surface area contributed by atoms with Gasteiger partial charge in [-0.3, -0.25) is 4.79 Å². The lowest BCUT2D eigenvalue weighted by Crippen LogP contribution is -2.58. The zero-order valence-electron chi connectivity index (χ0n) is 20.7. The van der Waals surface area contributed by atoms with Gasteiger partial charge in [-0.05, 0) is 67.1 Å². The Kier molecular flexibility index (Phi) is 6.39. The van der Waals surface area contributed by atoms with Crippen molar-refractivity contribution in [1.29, 1.82) is 0 Å². The maximum absolute atomic E-state index is 14.8. The molecule has 0 unspecified atom stereocenters. The first-order valence-corrected chi connectivity index (χ1v) is 12.8. The molecule has 0 spiro atoms. The van der Waals surface area contributed by atoms with Crippen LogP contribution in [0.2, 0.25) is 5.02 Å². The van der Waals surface area contributed by atoms with E-state index in [4.69, 9.17) is 16.6 Å². The van der Waals surface area contributed by atoms with Crippen molar-refractivity contribution < 1.29 is 9.18 Å². The molecule has 1 aromatic heterocycles. The molecule has 1 aliphatic carbocycles. The molecule has 2 N–H and O–H groups in total. The molecule has 1 aliphatic heterocycles. The van der Waals surface area contributed by atoms with E-state index in [0.717, 1.165) is 46.7 Å². The molecular weight excluding hydrogens is 501 g/mol. The number of carbonyl (C=O) groups is 1. The van der Waals surface area contributed by atoms with Gasteiger partial charge in [-0.25, -0.2) is 14.4 Å². The third-order valence-corrected chi connectivity index (χ3v) is 7.28. The molecule has 0 radical (unpaired) electrons. The second kappa shape index (κ2) is 10.0. The van der Waals surface area contributed by atoms with Crippen LogP contribution >= 0.6 is 11.6 Å². The molecule has 6 nitrogen and oxygen atoms in total. The first-order valence-electron chi connectivity index (χ1n) is 12.4. The van der Waals surface area contributed by atoms with Gasteiger partial charge in [0.2, 0.25) is 5.95 Å². The highest BCUT2D eigenvalue weighted by Gasteiger charge is 2.29. The second-order valence-electron chi connectivity index (χ2n) is 9.46. The molecule has 190 valence electrons. The minimum Gasteiger partial charge on any atom is -0.335 e. The number of carbonyl (C=O) groups excluding carboxylic acids is 1. The van der Waals surface area contributed by atoms with Crippen LogP contribution in [0, 0.1) is 5.82 Å². The van der Waals surface area contributed by atoms with Crippen molar-refractivity contribution in [2.45, 2.75) is 12.5 Å². The Labute approximate surface area is 225 Å². The van der Waals surface area contributed by atoms with Crippen molar-refractivity contribution in [3.63, 3.8) is 0 Å². The molecule has 2 heterocycles. The van der Waals surface area contributed by atoms with Gasteiger partial charge in [0.1, 0.15) is 5.82 Å². The number of nitrogens with zero attached hydrogens (tertiary/aromatic N) is 3. The number of likely N-dealkylation sites (N-methyl/N-ethyl adjacent to an activating group) is 1. The van der Waals surface area contributed by atoms with E-state index in [2.05, 4.69) is 15.6 Å². The Morgan fingerprint density at radius 1 is 1.03 bits per heavy atom. The van der Waals surface area contributed by atoms with Gasteiger partial charge in [0.05, 0.1) is 5.69 Å². The fraction of sp³-hybridized carbons (Fsp3) is 0.167. The van der Waals surface area contributed by atoms with Gasteiger partial charge in [0, 0.05) is 58.3 Å². The number of benzene rings is 3. The molecular formula is C30H25ClFN5O. The van der Waals surface area contributed by atoms with E-state index in [1.807, 2.05) is 66.6 Å². The molecule has 8 heteroatoms. The van der Waals surface area contributed by atoms with Crippen LogP contribution in [0.1, 0.15) is 27.0 Å². The highest BCUT2D eigenvalue weighted by Crippen LogP contribution is 2.39. The van der Waals surface area contributed by atoms with Crippen molar-refractivity contribution in [3.8, 4) is 11.3 Å². The maximum atomic E-state index is 14.8. The molecule has 1 saturated heterocycles. The van der Waals surface area contributed by atoms with E-state index in [1.165, 1.54) is 6.07 Å². The monoisotopic (exact) mass is 525 g/mol. The van der Waals surface area contributed by atoms with Crippen LogP contribution in [-0.4, -0.2) is 47.0 Å². The number of likely N-dealkylation sites (tertiary alicyclic amines) is 1. The summed E-state index contributed by atoms with van der Waals surface area (Å²) in [5, 5.41) is 6.99. The van der Waals surface area contributed by atoms with Gasteiger partial charge in [-0.15, -0.1) is 0 Å². The summed E-state index contributed by atoms with van der Waals surface area (Å²) in [6.45, 7) is 1.44. The average molecular weight is 526 g/mol. The quantitative estimate of drug-likeness (QED) is 0.349. The lowest BCUT2D eigenvalue weighted by atomic mass is 9.93. The molecule has 1 amide bonds. The van der Waals surface area contributed by atoms with Crippen LogP contribution < -0.4 is 10.6 Å². The van der Waals surface area contributed by atoms with Crippen molar-refractivity contribution >= 4 is 34.7 Å². The molecule has 0 bridgehead atoms. The highest BCUT2D eigenvalue weighted by atomic mass is 35.5. The van der Waals surface area contributed by atoms with Gasteiger partial charge < -0.3 is 15.5 Å². The molecule has 1 fully saturated rings. The van der Waals surface area contributed by atoms with Gasteiger partial charge >= 0.3 is 0 Å². The van der Waals surface area contributed by atoms with Crippen LogP contribution in [0.4, 0.5) is 16.0 Å². The zero-order chi connectivity index (χ0) is 26.2. The average Bonchev–Trinajstić information content (AvgIpc) is 3.05. The third kappa shape index (κ3) is 4.55. The molecule has 2 aliphatic rings. The predicted octanol–water partition coefficient (Wildman–Crippen LogP) is 5.71. The van der Waals surface area contributed by atoms with Crippen LogP contribution in [0.3, 0.4) is 0 Å². The lowest BCUT2D eigenvalue weighted by molar-refractivity contribution is 0.0577. The summed E-state index contributed by atoms with van der Waals surface area (Å²) in [6, 6.07) is 20.0. The number of allylic oxidation sites excluding steroid dienone is 1. The number of hydrogen-bond acceptors (Lipinski definition) is 5. The standard InChI is InChI=1S/C30H25ClFN5O/c1-33-22-16-37(17-22)29(38)18-6-10-21(11-7-18)35-30-34-15-19-8-12-23(24-4-2-3-5-27(24)32)26-14-20(31)9-13-25(26)28(19)36-30/h2-7,9-15,22,33H,8,16-17H2,1H3,(H,34,35,36). The Balaban J connectivity index is 1.28. The first-order chi connectivity index (χ1) is 18.5. The Hall–Kier alpha value is -4.07. The molecule has 0 saturated carbocycles. The minimum atomic E-state index is -0.290. The molecule has 4 aromatic rings. The predicted molar refractivity (Wildman–Crippen MR) is 148 cm³/mol. The van der Waals surface area contributed by atoms with Crippen LogP contribution in [0.5, 0.6) is 0 Å². The number of aromatic nitrogens is 2. The number of halogens is 2. The molecule has 0 atom stereocenters. The summed E-state index contributed by atoms with van der Waals surface area (Å²) >= 11 is 6.37. The second-order valence-corrected chi connectivity index (χ2v) is 9.89. The topological polar surface area (TPSA) is 70.2 Å². The van der Waals surface area contributed by atoms with E-state index in [9.17, 15) is 9.18 Å². The lowest BCUT2D eigenvalue weighted by Gasteiger charge is -2.39. The summed E-state index contributed by atoms with van der Waals surface area (Å²) < 4.78 is 14.8. The molecule has 38 heavy (non-hydrogen) atoms. The molecule has 6 rings (SSSR count). The van der Waals surface area contributed by atoms with Crippen LogP contribution in [0.25, 0.3) is 16.8 Å². The van der Waals surface area contributed by atoms with E-state index >= 15 is 0 Å². The van der Waals surface area contributed by atoms with Crippen molar-refractivity contribution in [2.75, 3.05) is 25.5 Å². The highest BCUT2D eigenvalue weighted by molar-refractivity contribution is 6.31. The smallest absolute Gasteiger partial charge is 0.253 e. The minimum absolute atomic E-state index is 0.0257. The van der Waals surface area contributed by atoms with Crippen molar-refractivity contribution in [3.05, 3.63) is 112 Å². The van der Waals surface area contributed by atoms with Crippen LogP contribution in [0.15, 0.2) is 79.0 Å². The Morgan fingerprint density at radius 2 is 1.82 bits per heavy atom. The number of anilines is 2. The van der Waals surface area contributed by atoms with Gasteiger partial charge in [-0.2, -0.15) is 0 Å². The maximum Gasteiger partial charge on any atom is 0.253 e. The number of rotatable bonds is 5. The number of amides is 1. The third-order valence-electron chi connectivity index (χ3n) is 7.05. The molecule has 3 aromatic carbocycles. The Bertz CT molecular complexity index is 1560. The number of fused-ring (bicyclic) bond motifs is 3. The summed E-state index contributed by atoms with van der Waals surface area (Å²) in [4.78, 5) is 23.9. The zero-order valence-corrected chi connectivity index (χ0v) is 21.5. The Morgan fingerprint density at radius 3 is 2.58 bits per heavy atom. The van der Waals surface area contributed by atoms with E-state index in [0.29, 0.717) is 34.6 Å². The SMILES string of the molecule is CNC1CN(C(=O)c2ccc(Nc3ncc4c(n3)-c3ccc(Cl)cc3C(c3ccccc3F)=CC4)cc2)C1. The van der Waals surface area contributed by atoms with Crippen LogP contribution in [-0.2, 0) is 6.42 Å². The van der Waals surface area contributed by atoms with E-state index < -0.39 is 0 Å². The number of nitrogens with one attached hydrogen (secondary N) is 2. The van der Waals surface area contributed by atoms with Gasteiger partial charge in [0.25, 0.3) is 5.91 Å². The van der Waals surface area contributed by atoms with E-state index in [-0.39, 0.29) is 11.7 Å². The fourth-order valence-corrected chi connectivity index (χ4v) is 5.06.